The van der Waals surface area contributed by atoms with Gasteiger partial charge in [-0.15, -0.1) is 0 Å². The smallest absolute Gasteiger partial charge is 0.224 e. The van der Waals surface area contributed by atoms with E-state index in [0.29, 0.717) is 18.7 Å². The summed E-state index contributed by atoms with van der Waals surface area (Å²) in [5.41, 5.74) is 2.69. The zero-order chi connectivity index (χ0) is 16.8. The fourth-order valence-corrected chi connectivity index (χ4v) is 2.44. The van der Waals surface area contributed by atoms with Gasteiger partial charge in [0.2, 0.25) is 5.91 Å². The SMILES string of the molecule is COc1ccccc1CCC(=O)Nc1ccc(-c2ncn[nH]2)cc1. The Morgan fingerprint density at radius 2 is 1.96 bits per heavy atom. The first-order valence-corrected chi connectivity index (χ1v) is 7.64. The average Bonchev–Trinajstić information content (AvgIpc) is 3.15. The molecule has 24 heavy (non-hydrogen) atoms. The summed E-state index contributed by atoms with van der Waals surface area (Å²) < 4.78 is 5.30. The van der Waals surface area contributed by atoms with Gasteiger partial charge in [-0.3, -0.25) is 9.89 Å². The lowest BCUT2D eigenvalue weighted by Crippen LogP contribution is -2.12. The Balaban J connectivity index is 1.57. The number of nitrogens with one attached hydrogen (secondary N) is 2. The molecule has 0 aliphatic carbocycles. The molecule has 0 aliphatic rings. The molecule has 0 spiro atoms. The van der Waals surface area contributed by atoms with Crippen LogP contribution in [-0.4, -0.2) is 28.2 Å². The molecule has 0 bridgehead atoms. The van der Waals surface area contributed by atoms with Crippen LogP contribution in [0.1, 0.15) is 12.0 Å². The van der Waals surface area contributed by atoms with Crippen molar-refractivity contribution in [1.29, 1.82) is 0 Å². The van der Waals surface area contributed by atoms with Gasteiger partial charge >= 0.3 is 0 Å². The van der Waals surface area contributed by atoms with E-state index in [1.807, 2.05) is 48.5 Å². The maximum Gasteiger partial charge on any atom is 0.224 e. The Hall–Kier alpha value is -3.15. The van der Waals surface area contributed by atoms with Crippen molar-refractivity contribution in [2.75, 3.05) is 12.4 Å². The number of benzene rings is 2. The van der Waals surface area contributed by atoms with E-state index in [2.05, 4.69) is 20.5 Å². The highest BCUT2D eigenvalue weighted by molar-refractivity contribution is 5.91. The number of aromatic nitrogens is 3. The van der Waals surface area contributed by atoms with Crippen molar-refractivity contribution < 1.29 is 9.53 Å². The lowest BCUT2D eigenvalue weighted by molar-refractivity contribution is -0.116. The molecule has 1 heterocycles. The molecule has 0 radical (unpaired) electrons. The van der Waals surface area contributed by atoms with Gasteiger partial charge in [-0.05, 0) is 42.3 Å². The second-order valence-corrected chi connectivity index (χ2v) is 5.27. The second-order valence-electron chi connectivity index (χ2n) is 5.27. The number of aromatic amines is 1. The number of ether oxygens (including phenoxy) is 1. The van der Waals surface area contributed by atoms with Crippen molar-refractivity contribution in [3.8, 4) is 17.1 Å². The Kier molecular flexibility index (Phi) is 4.86. The Bertz CT molecular complexity index is 798. The van der Waals surface area contributed by atoms with Gasteiger partial charge < -0.3 is 10.1 Å². The average molecular weight is 322 g/mol. The molecule has 0 fully saturated rings. The maximum atomic E-state index is 12.1. The first-order valence-electron chi connectivity index (χ1n) is 7.64. The molecule has 6 nitrogen and oxygen atoms in total. The molecule has 122 valence electrons. The quantitative estimate of drug-likeness (QED) is 0.731. The number of rotatable bonds is 6. The van der Waals surface area contributed by atoms with Gasteiger partial charge in [0.05, 0.1) is 7.11 Å². The van der Waals surface area contributed by atoms with Crippen molar-refractivity contribution >= 4 is 11.6 Å². The highest BCUT2D eigenvalue weighted by Gasteiger charge is 2.07. The lowest BCUT2D eigenvalue weighted by atomic mass is 10.1. The fraction of sp³-hybridized carbons (Fsp3) is 0.167. The molecule has 0 saturated heterocycles. The molecule has 1 aromatic heterocycles. The summed E-state index contributed by atoms with van der Waals surface area (Å²) in [5, 5.41) is 9.52. The number of carbonyl (C=O) groups excluding carboxylic acids is 1. The monoisotopic (exact) mass is 322 g/mol. The van der Waals surface area contributed by atoms with Crippen LogP contribution in [-0.2, 0) is 11.2 Å². The number of hydrogen-bond donors (Lipinski definition) is 2. The van der Waals surface area contributed by atoms with Crippen LogP contribution in [0, 0.1) is 0 Å². The van der Waals surface area contributed by atoms with E-state index in [9.17, 15) is 4.79 Å². The predicted octanol–water partition coefficient (Wildman–Crippen LogP) is 3.05. The van der Waals surface area contributed by atoms with Crippen LogP contribution < -0.4 is 10.1 Å². The summed E-state index contributed by atoms with van der Waals surface area (Å²) in [5.74, 6) is 1.47. The van der Waals surface area contributed by atoms with Crippen molar-refractivity contribution in [1.82, 2.24) is 15.2 Å². The van der Waals surface area contributed by atoms with Gasteiger partial charge in [-0.2, -0.15) is 5.10 Å². The summed E-state index contributed by atoms with van der Waals surface area (Å²) in [7, 11) is 1.63. The summed E-state index contributed by atoms with van der Waals surface area (Å²) in [4.78, 5) is 16.2. The fourth-order valence-electron chi connectivity index (χ4n) is 2.44. The number of para-hydroxylation sites is 1. The van der Waals surface area contributed by atoms with Crippen LogP contribution in [0.3, 0.4) is 0 Å². The van der Waals surface area contributed by atoms with Crippen LogP contribution in [0.2, 0.25) is 0 Å². The summed E-state index contributed by atoms with van der Waals surface area (Å²) in [6, 6.07) is 15.2. The topological polar surface area (TPSA) is 79.9 Å². The maximum absolute atomic E-state index is 12.1. The standard InChI is InChI=1S/C18H18N4O2/c1-24-16-5-3-2-4-13(16)8-11-17(23)21-15-9-6-14(7-10-15)18-19-12-20-22-18/h2-7,9-10,12H,8,11H2,1H3,(H,21,23)(H,19,20,22). The number of hydrogen-bond acceptors (Lipinski definition) is 4. The molecular formula is C18H18N4O2. The molecule has 0 aliphatic heterocycles. The van der Waals surface area contributed by atoms with Gasteiger partial charge in [0.15, 0.2) is 5.82 Å². The van der Waals surface area contributed by atoms with Crippen LogP contribution in [0.15, 0.2) is 54.9 Å². The highest BCUT2D eigenvalue weighted by Crippen LogP contribution is 2.20. The third-order valence-electron chi connectivity index (χ3n) is 3.67. The largest absolute Gasteiger partial charge is 0.496 e. The van der Waals surface area contributed by atoms with E-state index >= 15 is 0 Å². The van der Waals surface area contributed by atoms with Crippen molar-refractivity contribution in [3.05, 3.63) is 60.4 Å². The number of nitrogens with zero attached hydrogens (tertiary/aromatic N) is 2. The minimum Gasteiger partial charge on any atom is -0.496 e. The molecule has 3 rings (SSSR count). The molecule has 3 aromatic rings. The minimum atomic E-state index is -0.0340. The summed E-state index contributed by atoms with van der Waals surface area (Å²) in [6.07, 6.45) is 2.49. The Labute approximate surface area is 139 Å². The molecule has 2 aromatic carbocycles. The second kappa shape index (κ2) is 7.41. The van der Waals surface area contributed by atoms with Crippen molar-refractivity contribution in [2.24, 2.45) is 0 Å². The number of amides is 1. The van der Waals surface area contributed by atoms with E-state index in [-0.39, 0.29) is 5.91 Å². The van der Waals surface area contributed by atoms with Crippen molar-refractivity contribution in [3.63, 3.8) is 0 Å². The molecule has 0 saturated carbocycles. The molecule has 6 heteroatoms. The van der Waals surface area contributed by atoms with Gasteiger partial charge in [-0.25, -0.2) is 4.98 Å². The molecule has 0 unspecified atom stereocenters. The van der Waals surface area contributed by atoms with E-state index < -0.39 is 0 Å². The summed E-state index contributed by atoms with van der Waals surface area (Å²) >= 11 is 0. The number of H-pyrrole nitrogens is 1. The van der Waals surface area contributed by atoms with Crippen LogP contribution in [0.4, 0.5) is 5.69 Å². The molecule has 1 amide bonds. The van der Waals surface area contributed by atoms with Gasteiger partial charge in [-0.1, -0.05) is 18.2 Å². The number of carbonyl (C=O) groups is 1. The number of methoxy groups -OCH3 is 1. The zero-order valence-corrected chi connectivity index (χ0v) is 13.3. The Morgan fingerprint density at radius 3 is 2.67 bits per heavy atom. The number of anilines is 1. The van der Waals surface area contributed by atoms with Crippen LogP contribution in [0.25, 0.3) is 11.4 Å². The lowest BCUT2D eigenvalue weighted by Gasteiger charge is -2.09. The first kappa shape index (κ1) is 15.7. The third-order valence-corrected chi connectivity index (χ3v) is 3.67. The first-order chi connectivity index (χ1) is 11.8. The zero-order valence-electron chi connectivity index (χ0n) is 13.3. The van der Waals surface area contributed by atoms with E-state index in [0.717, 1.165) is 22.6 Å². The van der Waals surface area contributed by atoms with E-state index in [1.165, 1.54) is 6.33 Å². The third kappa shape index (κ3) is 3.78. The molecule has 2 N–H and O–H groups in total. The molecular weight excluding hydrogens is 304 g/mol. The predicted molar refractivity (Wildman–Crippen MR) is 91.8 cm³/mol. The normalized spacial score (nSPS) is 10.4. The van der Waals surface area contributed by atoms with Gasteiger partial charge in [0.1, 0.15) is 12.1 Å². The van der Waals surface area contributed by atoms with E-state index in [4.69, 9.17) is 4.74 Å². The Morgan fingerprint density at radius 1 is 1.17 bits per heavy atom. The van der Waals surface area contributed by atoms with Crippen LogP contribution in [0.5, 0.6) is 5.75 Å². The molecule has 0 atom stereocenters. The van der Waals surface area contributed by atoms with E-state index in [1.54, 1.807) is 7.11 Å². The minimum absolute atomic E-state index is 0.0340. The van der Waals surface area contributed by atoms with Gasteiger partial charge in [0.25, 0.3) is 0 Å². The number of aryl methyl sites for hydroxylation is 1. The van der Waals surface area contributed by atoms with Gasteiger partial charge in [0, 0.05) is 17.7 Å². The van der Waals surface area contributed by atoms with Crippen molar-refractivity contribution in [2.45, 2.75) is 12.8 Å². The summed E-state index contributed by atoms with van der Waals surface area (Å²) in [6.45, 7) is 0. The highest BCUT2D eigenvalue weighted by atomic mass is 16.5. The van der Waals surface area contributed by atoms with Crippen LogP contribution >= 0.6 is 0 Å².